The molecule has 0 aliphatic carbocycles. The van der Waals surface area contributed by atoms with Gasteiger partial charge in [0.15, 0.2) is 0 Å². The molecule has 3 amide bonds. The summed E-state index contributed by atoms with van der Waals surface area (Å²) in [6.07, 6.45) is 1.69. The van der Waals surface area contributed by atoms with Gasteiger partial charge in [-0.3, -0.25) is 19.3 Å². The van der Waals surface area contributed by atoms with E-state index in [-0.39, 0.29) is 6.54 Å². The lowest BCUT2D eigenvalue weighted by molar-refractivity contribution is -0.127. The highest BCUT2D eigenvalue weighted by molar-refractivity contribution is 8.18. The van der Waals surface area contributed by atoms with Crippen molar-refractivity contribution in [1.82, 2.24) is 4.90 Å². The molecule has 0 radical (unpaired) electrons. The molecular formula is C24H25N3O4S. The van der Waals surface area contributed by atoms with Crippen LogP contribution in [0.4, 0.5) is 16.2 Å². The van der Waals surface area contributed by atoms with Gasteiger partial charge < -0.3 is 15.0 Å². The maximum absolute atomic E-state index is 12.7. The number of thioether (sulfide) groups is 1. The largest absolute Gasteiger partial charge is 0.378 e. The molecule has 2 fully saturated rings. The van der Waals surface area contributed by atoms with Crippen molar-refractivity contribution in [2.24, 2.45) is 0 Å². The second-order valence-electron chi connectivity index (χ2n) is 7.81. The Bertz CT molecular complexity index is 1080. The number of amides is 3. The van der Waals surface area contributed by atoms with Crippen LogP contribution in [0.15, 0.2) is 47.4 Å². The van der Waals surface area contributed by atoms with E-state index in [9.17, 15) is 14.4 Å². The molecule has 166 valence electrons. The highest BCUT2D eigenvalue weighted by atomic mass is 32.2. The maximum Gasteiger partial charge on any atom is 0.294 e. The highest BCUT2D eigenvalue weighted by Crippen LogP contribution is 2.32. The maximum atomic E-state index is 12.7. The Morgan fingerprint density at radius 3 is 2.47 bits per heavy atom. The minimum atomic E-state index is -0.451. The van der Waals surface area contributed by atoms with Crippen LogP contribution in [0.5, 0.6) is 0 Å². The second-order valence-corrected chi connectivity index (χ2v) is 8.80. The standard InChI is InChI=1S/C24H25N3O4S/c1-16-3-6-19(13-17(16)2)25-22(28)15-27-23(29)21(32-24(27)30)14-18-4-7-20(8-5-18)26-9-11-31-12-10-26/h3-8,13-14H,9-12,15H2,1-2H3,(H,25,28)/b21-14+. The fourth-order valence-electron chi connectivity index (χ4n) is 3.55. The van der Waals surface area contributed by atoms with E-state index in [1.807, 2.05) is 50.2 Å². The van der Waals surface area contributed by atoms with Crippen LogP contribution in [0, 0.1) is 13.8 Å². The Kier molecular flexibility index (Phi) is 6.62. The Balaban J connectivity index is 1.40. The Morgan fingerprint density at radius 1 is 1.06 bits per heavy atom. The Labute approximate surface area is 191 Å². The van der Waals surface area contributed by atoms with Crippen molar-refractivity contribution in [3.8, 4) is 0 Å². The quantitative estimate of drug-likeness (QED) is 0.697. The van der Waals surface area contributed by atoms with Gasteiger partial charge in [-0.1, -0.05) is 18.2 Å². The molecule has 2 saturated heterocycles. The fraction of sp³-hybridized carbons (Fsp3) is 0.292. The first-order valence-electron chi connectivity index (χ1n) is 10.5. The highest BCUT2D eigenvalue weighted by Gasteiger charge is 2.36. The molecule has 1 N–H and O–H groups in total. The molecule has 2 aliphatic rings. The zero-order valence-corrected chi connectivity index (χ0v) is 18.9. The SMILES string of the molecule is Cc1ccc(NC(=O)CN2C(=O)S/C(=C/c3ccc(N4CCOCC4)cc3)C2=O)cc1C. The van der Waals surface area contributed by atoms with Crippen molar-refractivity contribution < 1.29 is 19.1 Å². The van der Waals surface area contributed by atoms with Crippen LogP contribution in [-0.4, -0.2) is 54.8 Å². The molecule has 0 bridgehead atoms. The Hall–Kier alpha value is -3.10. The minimum Gasteiger partial charge on any atom is -0.378 e. The smallest absolute Gasteiger partial charge is 0.294 e. The number of nitrogens with zero attached hydrogens (tertiary/aromatic N) is 2. The number of ether oxygens (including phenoxy) is 1. The van der Waals surface area contributed by atoms with Gasteiger partial charge in [-0.2, -0.15) is 0 Å². The topological polar surface area (TPSA) is 79.0 Å². The molecule has 4 rings (SSSR count). The van der Waals surface area contributed by atoms with Gasteiger partial charge in [0.05, 0.1) is 18.1 Å². The van der Waals surface area contributed by atoms with E-state index in [1.54, 1.807) is 12.1 Å². The van der Waals surface area contributed by atoms with E-state index in [2.05, 4.69) is 10.2 Å². The summed E-state index contributed by atoms with van der Waals surface area (Å²) in [5, 5.41) is 2.31. The molecule has 2 heterocycles. The molecule has 8 heteroatoms. The van der Waals surface area contributed by atoms with Gasteiger partial charge in [-0.15, -0.1) is 0 Å². The summed E-state index contributed by atoms with van der Waals surface area (Å²) in [4.78, 5) is 41.0. The number of carbonyl (C=O) groups excluding carboxylic acids is 3. The molecule has 32 heavy (non-hydrogen) atoms. The minimum absolute atomic E-state index is 0.313. The molecule has 0 unspecified atom stereocenters. The van der Waals surface area contributed by atoms with Crippen LogP contribution in [0.3, 0.4) is 0 Å². The predicted molar refractivity (Wildman–Crippen MR) is 127 cm³/mol. The summed E-state index contributed by atoms with van der Waals surface area (Å²) < 4.78 is 5.38. The van der Waals surface area contributed by atoms with Gasteiger partial charge in [0.1, 0.15) is 6.54 Å². The number of rotatable bonds is 5. The number of carbonyl (C=O) groups is 3. The molecule has 0 atom stereocenters. The number of aryl methyl sites for hydroxylation is 2. The van der Waals surface area contributed by atoms with Crippen molar-refractivity contribution >= 4 is 46.3 Å². The third kappa shape index (κ3) is 5.03. The molecule has 0 saturated carbocycles. The second kappa shape index (κ2) is 9.58. The third-order valence-corrected chi connectivity index (χ3v) is 6.44. The van der Waals surface area contributed by atoms with E-state index in [0.29, 0.717) is 23.8 Å². The lowest BCUT2D eigenvalue weighted by atomic mass is 10.1. The number of nitrogens with one attached hydrogen (secondary N) is 1. The number of morpholine rings is 1. The van der Waals surface area contributed by atoms with Gasteiger partial charge in [0.2, 0.25) is 5.91 Å². The lowest BCUT2D eigenvalue weighted by Crippen LogP contribution is -2.36. The number of anilines is 2. The number of hydrogen-bond donors (Lipinski definition) is 1. The van der Waals surface area contributed by atoms with E-state index in [4.69, 9.17) is 4.74 Å². The van der Waals surface area contributed by atoms with Crippen LogP contribution in [0.25, 0.3) is 6.08 Å². The molecular weight excluding hydrogens is 426 g/mol. The van der Waals surface area contributed by atoms with Crippen LogP contribution in [0.2, 0.25) is 0 Å². The lowest BCUT2D eigenvalue weighted by Gasteiger charge is -2.28. The van der Waals surface area contributed by atoms with E-state index < -0.39 is 17.1 Å². The van der Waals surface area contributed by atoms with E-state index in [0.717, 1.165) is 52.1 Å². The monoisotopic (exact) mass is 451 g/mol. The summed E-state index contributed by atoms with van der Waals surface area (Å²) in [5.41, 5.74) is 4.74. The predicted octanol–water partition coefficient (Wildman–Crippen LogP) is 3.82. The van der Waals surface area contributed by atoms with Gasteiger partial charge >= 0.3 is 0 Å². The molecule has 7 nitrogen and oxygen atoms in total. The average Bonchev–Trinajstić information content (AvgIpc) is 3.04. The first kappa shape index (κ1) is 22.1. The molecule has 2 aliphatic heterocycles. The van der Waals surface area contributed by atoms with Crippen molar-refractivity contribution in [2.45, 2.75) is 13.8 Å². The van der Waals surface area contributed by atoms with Crippen molar-refractivity contribution in [2.75, 3.05) is 43.1 Å². The summed E-state index contributed by atoms with van der Waals surface area (Å²) in [6.45, 7) is 6.76. The van der Waals surface area contributed by atoms with Gasteiger partial charge in [-0.05, 0) is 72.6 Å². The third-order valence-electron chi connectivity index (χ3n) is 5.53. The van der Waals surface area contributed by atoms with Gasteiger partial charge in [-0.25, -0.2) is 0 Å². The van der Waals surface area contributed by atoms with Crippen LogP contribution < -0.4 is 10.2 Å². The molecule has 0 aromatic heterocycles. The molecule has 2 aromatic rings. The number of imide groups is 1. The summed E-state index contributed by atoms with van der Waals surface area (Å²) in [7, 11) is 0. The van der Waals surface area contributed by atoms with E-state index in [1.165, 1.54) is 0 Å². The average molecular weight is 452 g/mol. The zero-order chi connectivity index (χ0) is 22.7. The van der Waals surface area contributed by atoms with Crippen LogP contribution >= 0.6 is 11.8 Å². The molecule has 0 spiro atoms. The fourth-order valence-corrected chi connectivity index (χ4v) is 4.39. The van der Waals surface area contributed by atoms with Crippen LogP contribution in [0.1, 0.15) is 16.7 Å². The molecule has 2 aromatic carbocycles. The zero-order valence-electron chi connectivity index (χ0n) is 18.1. The normalized spacial score (nSPS) is 17.9. The number of hydrogen-bond acceptors (Lipinski definition) is 6. The van der Waals surface area contributed by atoms with Crippen molar-refractivity contribution in [3.63, 3.8) is 0 Å². The van der Waals surface area contributed by atoms with E-state index >= 15 is 0 Å². The van der Waals surface area contributed by atoms with Crippen LogP contribution in [-0.2, 0) is 14.3 Å². The first-order valence-corrected chi connectivity index (χ1v) is 11.3. The van der Waals surface area contributed by atoms with Crippen molar-refractivity contribution in [1.29, 1.82) is 0 Å². The van der Waals surface area contributed by atoms with Gasteiger partial charge in [0.25, 0.3) is 11.1 Å². The summed E-state index contributed by atoms with van der Waals surface area (Å²) in [5.74, 6) is -0.862. The van der Waals surface area contributed by atoms with Gasteiger partial charge in [0, 0.05) is 24.5 Å². The van der Waals surface area contributed by atoms with Crippen molar-refractivity contribution in [3.05, 3.63) is 64.1 Å². The first-order chi connectivity index (χ1) is 15.4. The number of benzene rings is 2. The Morgan fingerprint density at radius 2 is 1.78 bits per heavy atom. The summed E-state index contributed by atoms with van der Waals surface area (Å²) >= 11 is 0.853. The summed E-state index contributed by atoms with van der Waals surface area (Å²) in [6, 6.07) is 13.4.